The molecule has 1 amide bonds. The quantitative estimate of drug-likeness (QED) is 0.263. The van der Waals surface area contributed by atoms with Crippen molar-refractivity contribution in [3.8, 4) is 0 Å². The normalized spacial score (nSPS) is 15.4. The molecule has 0 saturated heterocycles. The summed E-state index contributed by atoms with van der Waals surface area (Å²) in [4.78, 5) is 29.8. The van der Waals surface area contributed by atoms with E-state index in [0.717, 1.165) is 16.0 Å². The number of amides is 1. The van der Waals surface area contributed by atoms with Crippen LogP contribution in [0.3, 0.4) is 0 Å². The van der Waals surface area contributed by atoms with E-state index in [-0.39, 0.29) is 17.8 Å². The molecule has 164 valence electrons. The van der Waals surface area contributed by atoms with Gasteiger partial charge in [0.1, 0.15) is 6.17 Å². The molecule has 0 N–H and O–H groups in total. The zero-order chi connectivity index (χ0) is 22.8. The molecule has 2 heterocycles. The van der Waals surface area contributed by atoms with Gasteiger partial charge in [-0.15, -0.1) is 11.3 Å². The maximum Gasteiger partial charge on any atom is 0.270 e. The molecule has 3 aromatic carbocycles. The van der Waals surface area contributed by atoms with Crippen molar-refractivity contribution >= 4 is 28.6 Å². The summed E-state index contributed by atoms with van der Waals surface area (Å²) in [6.07, 6.45) is -0.327. The molecule has 4 aromatic rings. The highest BCUT2D eigenvalue weighted by atomic mass is 32.1. The van der Waals surface area contributed by atoms with Crippen LogP contribution < -0.4 is 4.90 Å². The summed E-state index contributed by atoms with van der Waals surface area (Å²) >= 11 is 1.60. The number of benzene rings is 3. The molecular weight excluding hydrogens is 434 g/mol. The van der Waals surface area contributed by atoms with Crippen molar-refractivity contribution in [2.45, 2.75) is 19.3 Å². The van der Waals surface area contributed by atoms with Gasteiger partial charge in [-0.1, -0.05) is 66.7 Å². The number of rotatable bonds is 6. The largest absolute Gasteiger partial charge is 0.342 e. The molecule has 0 saturated carbocycles. The predicted octanol–water partition coefficient (Wildman–Crippen LogP) is 6.02. The van der Waals surface area contributed by atoms with E-state index < -0.39 is 4.92 Å². The maximum absolute atomic E-state index is 13.8. The molecule has 1 aliphatic rings. The molecule has 1 aliphatic heterocycles. The van der Waals surface area contributed by atoms with E-state index in [1.54, 1.807) is 17.4 Å². The van der Waals surface area contributed by atoms with Gasteiger partial charge in [-0.25, -0.2) is 0 Å². The van der Waals surface area contributed by atoms with Crippen LogP contribution in [0, 0.1) is 10.1 Å². The first-order chi connectivity index (χ1) is 16.1. The van der Waals surface area contributed by atoms with Gasteiger partial charge in [0.2, 0.25) is 0 Å². The van der Waals surface area contributed by atoms with E-state index in [0.29, 0.717) is 24.3 Å². The van der Waals surface area contributed by atoms with E-state index in [4.69, 9.17) is 0 Å². The summed E-state index contributed by atoms with van der Waals surface area (Å²) in [6, 6.07) is 28.5. The molecular formula is C26H21N3O3S. The van der Waals surface area contributed by atoms with E-state index in [9.17, 15) is 14.9 Å². The first-order valence-electron chi connectivity index (χ1n) is 10.6. The second-order valence-electron chi connectivity index (χ2n) is 7.88. The van der Waals surface area contributed by atoms with Crippen LogP contribution in [-0.4, -0.2) is 15.7 Å². The van der Waals surface area contributed by atoms with Gasteiger partial charge in [0.05, 0.1) is 16.2 Å². The van der Waals surface area contributed by atoms with Crippen LogP contribution in [0.25, 0.3) is 0 Å². The molecule has 33 heavy (non-hydrogen) atoms. The molecule has 7 heteroatoms. The van der Waals surface area contributed by atoms with Gasteiger partial charge >= 0.3 is 0 Å². The Bertz CT molecular complexity index is 1280. The second-order valence-corrected chi connectivity index (χ2v) is 8.86. The number of nitro groups is 1. The van der Waals surface area contributed by atoms with Gasteiger partial charge in [-0.3, -0.25) is 14.9 Å². The fourth-order valence-electron chi connectivity index (χ4n) is 4.26. The topological polar surface area (TPSA) is 66.7 Å². The summed E-state index contributed by atoms with van der Waals surface area (Å²) in [5, 5.41) is 13.5. The van der Waals surface area contributed by atoms with Crippen molar-refractivity contribution in [1.29, 1.82) is 0 Å². The van der Waals surface area contributed by atoms with E-state index in [1.807, 2.05) is 70.9 Å². The van der Waals surface area contributed by atoms with E-state index in [1.165, 1.54) is 12.1 Å². The number of nitro benzene ring substituents is 1. The first-order valence-corrected chi connectivity index (χ1v) is 11.5. The monoisotopic (exact) mass is 455 g/mol. The third-order valence-corrected chi connectivity index (χ3v) is 6.68. The zero-order valence-corrected chi connectivity index (χ0v) is 18.5. The summed E-state index contributed by atoms with van der Waals surface area (Å²) in [7, 11) is 0. The lowest BCUT2D eigenvalue weighted by Gasteiger charge is -2.45. The van der Waals surface area contributed by atoms with Crippen LogP contribution >= 0.6 is 11.3 Å². The van der Waals surface area contributed by atoms with E-state index >= 15 is 0 Å². The fraction of sp³-hybridized carbons (Fsp3) is 0.115. The highest BCUT2D eigenvalue weighted by Gasteiger charge is 2.40. The van der Waals surface area contributed by atoms with Gasteiger partial charge in [0, 0.05) is 30.1 Å². The average Bonchev–Trinajstić information content (AvgIpc) is 3.37. The Morgan fingerprint density at radius 3 is 2.03 bits per heavy atom. The van der Waals surface area contributed by atoms with Gasteiger partial charge in [0.15, 0.2) is 0 Å². The molecule has 1 unspecified atom stereocenters. The molecule has 5 rings (SSSR count). The lowest BCUT2D eigenvalue weighted by Crippen LogP contribution is -2.48. The third-order valence-electron chi connectivity index (χ3n) is 5.77. The lowest BCUT2D eigenvalue weighted by atomic mass is 10.0. The molecule has 0 spiro atoms. The van der Waals surface area contributed by atoms with Crippen molar-refractivity contribution in [2.75, 3.05) is 4.90 Å². The Balaban J connectivity index is 1.67. The SMILES string of the molecule is O=C1c2cc([N+](=O)[O-])ccc2N(Cc2ccccc2)C(c2cccs2)N1Cc1ccccc1. The zero-order valence-electron chi connectivity index (χ0n) is 17.7. The number of hydrogen-bond acceptors (Lipinski definition) is 5. The van der Waals surface area contributed by atoms with Crippen LogP contribution in [-0.2, 0) is 13.1 Å². The Labute approximate surface area is 195 Å². The van der Waals surface area contributed by atoms with Crippen molar-refractivity contribution in [1.82, 2.24) is 4.90 Å². The number of non-ortho nitro benzene ring substituents is 1. The third kappa shape index (κ3) is 4.10. The Morgan fingerprint density at radius 1 is 0.818 bits per heavy atom. The minimum Gasteiger partial charge on any atom is -0.342 e. The van der Waals surface area contributed by atoms with Crippen molar-refractivity contribution in [2.24, 2.45) is 0 Å². The Morgan fingerprint density at radius 2 is 1.45 bits per heavy atom. The minimum atomic E-state index is -0.456. The smallest absolute Gasteiger partial charge is 0.270 e. The van der Waals surface area contributed by atoms with Crippen LogP contribution in [0.15, 0.2) is 96.4 Å². The molecule has 0 aliphatic carbocycles. The van der Waals surface area contributed by atoms with Gasteiger partial charge < -0.3 is 9.80 Å². The summed E-state index contributed by atoms with van der Waals surface area (Å²) < 4.78 is 0. The number of hydrogen-bond donors (Lipinski definition) is 0. The number of carbonyl (C=O) groups is 1. The fourth-order valence-corrected chi connectivity index (χ4v) is 5.11. The maximum atomic E-state index is 13.8. The van der Waals surface area contributed by atoms with Crippen LogP contribution in [0.5, 0.6) is 0 Å². The number of carbonyl (C=O) groups excluding carboxylic acids is 1. The molecule has 1 aromatic heterocycles. The number of anilines is 1. The molecule has 0 fully saturated rings. The Kier molecular flexibility index (Phi) is 5.62. The molecule has 0 radical (unpaired) electrons. The Hall–Kier alpha value is -3.97. The average molecular weight is 456 g/mol. The highest BCUT2D eigenvalue weighted by Crippen LogP contribution is 2.43. The summed E-state index contributed by atoms with van der Waals surface area (Å²) in [6.45, 7) is 0.961. The van der Waals surface area contributed by atoms with Gasteiger partial charge in [-0.05, 0) is 28.6 Å². The van der Waals surface area contributed by atoms with Crippen molar-refractivity contribution in [3.05, 3.63) is 128 Å². The highest BCUT2D eigenvalue weighted by molar-refractivity contribution is 7.10. The van der Waals surface area contributed by atoms with Gasteiger partial charge in [0.25, 0.3) is 11.6 Å². The number of nitrogens with zero attached hydrogens (tertiary/aromatic N) is 3. The van der Waals surface area contributed by atoms with Crippen molar-refractivity contribution in [3.63, 3.8) is 0 Å². The van der Waals surface area contributed by atoms with Crippen molar-refractivity contribution < 1.29 is 9.72 Å². The lowest BCUT2D eigenvalue weighted by molar-refractivity contribution is -0.384. The standard InChI is InChI=1S/C26H21N3O3S/c30-26-22-16-21(29(31)32)13-14-23(22)27(17-19-8-3-1-4-9-19)25(24-12-7-15-33-24)28(26)18-20-10-5-2-6-11-20/h1-16,25H,17-18H2. The van der Waals surface area contributed by atoms with Crippen LogP contribution in [0.1, 0.15) is 32.5 Å². The second kappa shape index (κ2) is 8.88. The van der Waals surface area contributed by atoms with Crippen LogP contribution in [0.2, 0.25) is 0 Å². The predicted molar refractivity (Wildman–Crippen MR) is 129 cm³/mol. The number of fused-ring (bicyclic) bond motifs is 1. The summed E-state index contributed by atoms with van der Waals surface area (Å²) in [5.41, 5.74) is 3.07. The molecule has 0 bridgehead atoms. The minimum absolute atomic E-state index is 0.0870. The molecule has 6 nitrogen and oxygen atoms in total. The molecule has 1 atom stereocenters. The first kappa shape index (κ1) is 20.9. The summed E-state index contributed by atoms with van der Waals surface area (Å²) in [5.74, 6) is -0.208. The van der Waals surface area contributed by atoms with Crippen LogP contribution in [0.4, 0.5) is 11.4 Å². The van der Waals surface area contributed by atoms with Gasteiger partial charge in [-0.2, -0.15) is 0 Å². The number of thiophene rings is 1. The van der Waals surface area contributed by atoms with E-state index in [2.05, 4.69) is 17.0 Å².